The van der Waals surface area contributed by atoms with Gasteiger partial charge in [0.2, 0.25) is 5.24 Å². The van der Waals surface area contributed by atoms with Crippen LogP contribution in [0.15, 0.2) is 97.6 Å². The molecule has 4 aromatic heterocycles. The van der Waals surface area contributed by atoms with Crippen molar-refractivity contribution in [2.75, 3.05) is 5.73 Å². The zero-order chi connectivity index (χ0) is 45.8. The lowest BCUT2D eigenvalue weighted by atomic mass is 9.83. The standard InChI is InChI=1S/C27H26FN3O.C20H21ClFNO.C6H5N3/c1-16(27(32)13-23-4-2-17(14-29)15-31-23)18-8-19-10-21(11-20(19)9-18)24-6-7-30-26-5-3-22(28)12-25(24)26;1-11(20(21)24)12-6-13-8-15(9-14(13)7-12)17-4-5-23-19-3-2-16(22)10-18(17)19;7-3-5-1-2-6(8)9-4-5/h2-7,12,15-16,18-21H,8-11,13H2,1H3;2-5,10-15H,6-9H2,1H3;1-2,4H,(H2,8,9)/t16?,18?,19-,20+,21?;11?,12?,13-,14+,15?;. The summed E-state index contributed by atoms with van der Waals surface area (Å²) in [6.45, 7) is 4.02. The van der Waals surface area contributed by atoms with Gasteiger partial charge in [0.25, 0.3) is 0 Å². The molecule has 65 heavy (non-hydrogen) atoms. The second-order valence-corrected chi connectivity index (χ2v) is 19.1. The number of carbonyl (C=O) groups excluding carboxylic acids is 2. The summed E-state index contributed by atoms with van der Waals surface area (Å²) in [6, 6.07) is 24.5. The summed E-state index contributed by atoms with van der Waals surface area (Å²) in [4.78, 5) is 41.1. The van der Waals surface area contributed by atoms with E-state index in [9.17, 15) is 18.4 Å². The fourth-order valence-corrected chi connectivity index (χ4v) is 11.7. The third kappa shape index (κ3) is 10.4. The van der Waals surface area contributed by atoms with Crippen LogP contribution in [0.5, 0.6) is 0 Å². The normalized spacial score (nSPS) is 24.9. The van der Waals surface area contributed by atoms with Gasteiger partial charge in [-0.3, -0.25) is 24.5 Å². The van der Waals surface area contributed by atoms with Gasteiger partial charge in [-0.15, -0.1) is 0 Å². The van der Waals surface area contributed by atoms with Crippen molar-refractivity contribution in [3.05, 3.63) is 137 Å². The maximum Gasteiger partial charge on any atom is 0.224 e. The minimum Gasteiger partial charge on any atom is -0.384 e. The molecule has 6 unspecified atom stereocenters. The summed E-state index contributed by atoms with van der Waals surface area (Å²) in [5, 5.41) is 18.9. The number of ketones is 1. The van der Waals surface area contributed by atoms with Crippen molar-refractivity contribution in [2.24, 2.45) is 47.3 Å². The fourth-order valence-electron chi connectivity index (χ4n) is 11.5. The summed E-state index contributed by atoms with van der Waals surface area (Å²) < 4.78 is 27.5. The number of nitriles is 2. The Morgan fingerprint density at radius 2 is 1.11 bits per heavy atom. The largest absolute Gasteiger partial charge is 0.384 e. The van der Waals surface area contributed by atoms with Crippen molar-refractivity contribution in [3.8, 4) is 12.1 Å². The summed E-state index contributed by atoms with van der Waals surface area (Å²) >= 11 is 5.69. The first-order valence-electron chi connectivity index (χ1n) is 22.6. The minimum absolute atomic E-state index is 0.0207. The molecule has 4 aliphatic carbocycles. The summed E-state index contributed by atoms with van der Waals surface area (Å²) in [6.07, 6.45) is 15.8. The number of nitrogens with zero attached hydrogens (tertiary/aromatic N) is 6. The summed E-state index contributed by atoms with van der Waals surface area (Å²) in [7, 11) is 0. The molecule has 10 rings (SSSR count). The molecule has 4 aliphatic rings. The quantitative estimate of drug-likeness (QED) is 0.147. The Kier molecular flexibility index (Phi) is 13.9. The number of Topliss-reactive ketones (excluding diaryl/α,β-unsaturated/α-hetero) is 1. The Hall–Kier alpha value is -6.17. The minimum atomic E-state index is -0.214. The summed E-state index contributed by atoms with van der Waals surface area (Å²) in [5.41, 5.74) is 11.2. The fraction of sp³-hybridized carbons (Fsp3) is 0.396. The number of anilines is 1. The lowest BCUT2D eigenvalue weighted by molar-refractivity contribution is -0.123. The number of halogens is 3. The van der Waals surface area contributed by atoms with Gasteiger partial charge in [-0.2, -0.15) is 10.5 Å². The number of hydrogen-bond donors (Lipinski definition) is 1. The number of rotatable bonds is 8. The van der Waals surface area contributed by atoms with E-state index >= 15 is 0 Å². The maximum atomic E-state index is 13.9. The van der Waals surface area contributed by atoms with Gasteiger partial charge >= 0.3 is 0 Å². The van der Waals surface area contributed by atoms with E-state index in [2.05, 4.69) is 45.1 Å². The number of nitrogens with two attached hydrogens (primary N) is 1. The van der Waals surface area contributed by atoms with Crippen LogP contribution >= 0.6 is 11.6 Å². The molecular formula is C53H52ClF2N7O2. The molecule has 2 aromatic carbocycles. The molecule has 0 radical (unpaired) electrons. The van der Waals surface area contributed by atoms with Gasteiger partial charge in [-0.1, -0.05) is 13.8 Å². The van der Waals surface area contributed by atoms with E-state index < -0.39 is 0 Å². The lowest BCUT2D eigenvalue weighted by Crippen LogP contribution is -2.22. The molecule has 332 valence electrons. The Labute approximate surface area is 383 Å². The number of nitrogen functional groups attached to an aromatic ring is 1. The number of pyridine rings is 4. The van der Waals surface area contributed by atoms with Crippen LogP contribution in [0.1, 0.15) is 105 Å². The van der Waals surface area contributed by atoms with Crippen molar-refractivity contribution >= 4 is 50.3 Å². The molecule has 4 fully saturated rings. The molecular weight excluding hydrogens is 840 g/mol. The third-order valence-corrected chi connectivity index (χ3v) is 15.3. The van der Waals surface area contributed by atoms with Crippen LogP contribution in [-0.4, -0.2) is 31.0 Å². The highest BCUT2D eigenvalue weighted by Gasteiger charge is 2.46. The highest BCUT2D eigenvalue weighted by Crippen LogP contribution is 2.56. The van der Waals surface area contributed by atoms with E-state index in [0.717, 1.165) is 78.9 Å². The zero-order valence-corrected chi connectivity index (χ0v) is 37.3. The number of aromatic nitrogens is 4. The van der Waals surface area contributed by atoms with E-state index in [1.807, 2.05) is 25.4 Å². The second kappa shape index (κ2) is 19.9. The predicted octanol–water partition coefficient (Wildman–Crippen LogP) is 11.4. The van der Waals surface area contributed by atoms with E-state index in [4.69, 9.17) is 27.9 Å². The van der Waals surface area contributed by atoms with Crippen LogP contribution in [0, 0.1) is 81.6 Å². The molecule has 2 N–H and O–H groups in total. The number of benzene rings is 2. The third-order valence-electron chi connectivity index (χ3n) is 15.0. The maximum absolute atomic E-state index is 13.9. The van der Waals surface area contributed by atoms with Crippen LogP contribution in [-0.2, 0) is 16.0 Å². The van der Waals surface area contributed by atoms with Crippen LogP contribution in [0.2, 0.25) is 0 Å². The zero-order valence-electron chi connectivity index (χ0n) is 36.6. The van der Waals surface area contributed by atoms with Crippen LogP contribution < -0.4 is 5.73 Å². The van der Waals surface area contributed by atoms with Crippen molar-refractivity contribution in [1.82, 2.24) is 19.9 Å². The van der Waals surface area contributed by atoms with Crippen molar-refractivity contribution < 1.29 is 18.4 Å². The first-order chi connectivity index (χ1) is 31.4. The van der Waals surface area contributed by atoms with Gasteiger partial charge < -0.3 is 5.73 Å². The van der Waals surface area contributed by atoms with E-state index in [1.165, 1.54) is 35.7 Å². The van der Waals surface area contributed by atoms with Gasteiger partial charge in [-0.25, -0.2) is 13.8 Å². The molecule has 9 nitrogen and oxygen atoms in total. The highest BCUT2D eigenvalue weighted by molar-refractivity contribution is 6.63. The number of hydrogen-bond acceptors (Lipinski definition) is 9. The van der Waals surface area contributed by atoms with E-state index in [1.54, 1.807) is 48.5 Å². The predicted molar refractivity (Wildman–Crippen MR) is 247 cm³/mol. The summed E-state index contributed by atoms with van der Waals surface area (Å²) in [5.74, 6) is 4.58. The molecule has 6 aromatic rings. The van der Waals surface area contributed by atoms with E-state index in [-0.39, 0.29) is 34.5 Å². The molecule has 10 atom stereocenters. The first-order valence-corrected chi connectivity index (χ1v) is 23.0. The Bertz CT molecular complexity index is 2750. The molecule has 0 aliphatic heterocycles. The average Bonchev–Trinajstić information content (AvgIpc) is 4.10. The molecule has 0 bridgehead atoms. The Morgan fingerprint density at radius 1 is 0.646 bits per heavy atom. The SMILES string of the molecule is CC(C(=O)Cc1ccc(C#N)cn1)C1C[C@H]2CC(c3ccnc4ccc(F)cc34)C[C@H]2C1.CC(C(=O)Cl)C1C[C@H]2CC(c3ccnc4ccc(F)cc34)C[C@H]2C1.N#Cc1ccc(N)nc1. The van der Waals surface area contributed by atoms with Crippen molar-refractivity contribution in [2.45, 2.75) is 83.5 Å². The lowest BCUT2D eigenvalue weighted by Gasteiger charge is -2.21. The van der Waals surface area contributed by atoms with Crippen molar-refractivity contribution in [1.29, 1.82) is 10.5 Å². The van der Waals surface area contributed by atoms with Gasteiger partial charge in [0, 0.05) is 59.5 Å². The molecule has 4 heterocycles. The smallest absolute Gasteiger partial charge is 0.224 e. The van der Waals surface area contributed by atoms with Gasteiger partial charge in [0.05, 0.1) is 22.2 Å². The molecule has 12 heteroatoms. The van der Waals surface area contributed by atoms with E-state index in [0.29, 0.717) is 70.7 Å². The Morgan fingerprint density at radius 3 is 1.52 bits per heavy atom. The van der Waals surface area contributed by atoms with Crippen molar-refractivity contribution in [3.63, 3.8) is 0 Å². The first kappa shape index (κ1) is 45.4. The topological polar surface area (TPSA) is 159 Å². The molecule has 0 saturated heterocycles. The second-order valence-electron chi connectivity index (χ2n) is 18.7. The van der Waals surface area contributed by atoms with Gasteiger partial charge in [-0.05, 0) is 194 Å². The average molecular weight is 892 g/mol. The van der Waals surface area contributed by atoms with Crippen LogP contribution in [0.3, 0.4) is 0 Å². The highest BCUT2D eigenvalue weighted by atomic mass is 35.5. The molecule has 0 amide bonds. The van der Waals surface area contributed by atoms with Gasteiger partial charge in [0.1, 0.15) is 35.4 Å². The molecule has 0 spiro atoms. The number of carbonyl (C=O) groups is 2. The van der Waals surface area contributed by atoms with Crippen LogP contribution in [0.4, 0.5) is 14.6 Å². The number of fused-ring (bicyclic) bond motifs is 4. The molecule has 4 saturated carbocycles. The Balaban J connectivity index is 0.000000153. The van der Waals surface area contributed by atoms with Gasteiger partial charge in [0.15, 0.2) is 0 Å². The van der Waals surface area contributed by atoms with Crippen LogP contribution in [0.25, 0.3) is 21.8 Å². The monoisotopic (exact) mass is 891 g/mol.